The highest BCUT2D eigenvalue weighted by molar-refractivity contribution is 7.47. The molecule has 0 spiro atoms. The third-order valence-electron chi connectivity index (χ3n) is 12.5. The molecule has 0 aromatic carbocycles. The van der Waals surface area contributed by atoms with Gasteiger partial charge in [-0.05, 0) is 51.4 Å². The molecule has 0 aliphatic heterocycles. The molecule has 0 heterocycles. The largest absolute Gasteiger partial charge is 0.472 e. The Labute approximate surface area is 423 Å². The van der Waals surface area contributed by atoms with E-state index in [2.05, 4.69) is 62.5 Å². The van der Waals surface area contributed by atoms with Crippen molar-refractivity contribution in [3.63, 3.8) is 0 Å². The van der Waals surface area contributed by atoms with Gasteiger partial charge < -0.3 is 24.6 Å². The Morgan fingerprint density at radius 2 is 0.797 bits per heavy atom. The van der Waals surface area contributed by atoms with Gasteiger partial charge in [0.1, 0.15) is 12.7 Å². The molecule has 0 saturated carbocycles. The molecule has 0 aromatic heterocycles. The van der Waals surface area contributed by atoms with Crippen LogP contribution in [-0.4, -0.2) is 65.7 Å². The number of esters is 2. The normalized spacial score (nSPS) is 13.9. The van der Waals surface area contributed by atoms with Crippen molar-refractivity contribution in [2.24, 2.45) is 0 Å². The third-order valence-corrected chi connectivity index (χ3v) is 13.4. The number of hydrogen-bond acceptors (Lipinski definition) is 9. The number of phosphoric acid groups is 1. The van der Waals surface area contributed by atoms with Gasteiger partial charge in [-0.3, -0.25) is 18.6 Å². The number of rotatable bonds is 54. The number of carbonyl (C=O) groups excluding carboxylic acids is 2. The lowest BCUT2D eigenvalue weighted by Crippen LogP contribution is -2.29. The Kier molecular flexibility index (Phi) is 52.1. The van der Waals surface area contributed by atoms with Crippen LogP contribution in [-0.2, 0) is 32.7 Å². The average Bonchev–Trinajstić information content (AvgIpc) is 3.34. The fourth-order valence-electron chi connectivity index (χ4n) is 8.16. The third kappa shape index (κ3) is 53.6. The number of hydrogen-bond donors (Lipinski definition) is 3. The minimum Gasteiger partial charge on any atom is -0.462 e. The first-order valence-electron chi connectivity index (χ1n) is 28.6. The summed E-state index contributed by atoms with van der Waals surface area (Å²) in [5.74, 6) is -0.917. The lowest BCUT2D eigenvalue weighted by molar-refractivity contribution is -0.161. The SMILES string of the molecule is CC/C=C\C/C=C\C/C=C\C/C=C\CCCCCCCCCCCCC(=O)OC(COC(=O)CCCCCCCCCCCCCCCCCCCCCCCCC)COP(=O)(O)OCC(O)CO. The lowest BCUT2D eigenvalue weighted by Gasteiger charge is -2.20. The van der Waals surface area contributed by atoms with Gasteiger partial charge in [0.2, 0.25) is 0 Å². The number of allylic oxidation sites excluding steroid dienone is 8. The van der Waals surface area contributed by atoms with E-state index in [1.807, 2.05) is 0 Å². The maximum absolute atomic E-state index is 12.7. The minimum atomic E-state index is -4.63. The van der Waals surface area contributed by atoms with Crippen molar-refractivity contribution in [2.45, 2.75) is 283 Å². The number of unbranched alkanes of at least 4 members (excludes halogenated alkanes) is 32. The Bertz CT molecular complexity index is 1280. The standard InChI is InChI=1S/C58H107O10P/c1-3-5-7-9-11-13-15-17-19-21-23-25-27-29-31-33-35-37-39-41-43-45-47-49-57(61)65-53-56(54-67-69(63,64)66-52-55(60)51-59)68-58(62)50-48-46-44-42-40-38-36-34-32-30-28-26-24-22-20-18-16-14-12-10-8-6-4-2/h6,8,12,14,18,20,24,26,55-56,59-60H,3-5,7,9-11,13,15-17,19,21-23,25,27-54H2,1-2H3,(H,63,64)/b8-6-,14-12-,20-18-,26-24-. The van der Waals surface area contributed by atoms with Gasteiger partial charge in [0, 0.05) is 12.8 Å². The van der Waals surface area contributed by atoms with Crippen molar-refractivity contribution in [1.82, 2.24) is 0 Å². The lowest BCUT2D eigenvalue weighted by atomic mass is 10.0. The van der Waals surface area contributed by atoms with Gasteiger partial charge in [0.25, 0.3) is 0 Å². The molecule has 0 bridgehead atoms. The van der Waals surface area contributed by atoms with Gasteiger partial charge >= 0.3 is 19.8 Å². The van der Waals surface area contributed by atoms with Crippen molar-refractivity contribution < 1.29 is 47.8 Å². The Hall–Kier alpha value is -2.07. The first-order chi connectivity index (χ1) is 33.7. The molecule has 10 nitrogen and oxygen atoms in total. The molecule has 0 aliphatic rings. The van der Waals surface area contributed by atoms with E-state index in [0.717, 1.165) is 70.6 Å². The molecule has 404 valence electrons. The topological polar surface area (TPSA) is 149 Å². The zero-order valence-corrected chi connectivity index (χ0v) is 45.4. The van der Waals surface area contributed by atoms with Crippen LogP contribution in [0.15, 0.2) is 48.6 Å². The van der Waals surface area contributed by atoms with Crippen LogP contribution < -0.4 is 0 Å². The number of carbonyl (C=O) groups is 2. The van der Waals surface area contributed by atoms with Crippen molar-refractivity contribution in [3.05, 3.63) is 48.6 Å². The van der Waals surface area contributed by atoms with Gasteiger partial charge in [-0.25, -0.2) is 4.57 Å². The first kappa shape index (κ1) is 66.9. The second kappa shape index (κ2) is 53.7. The van der Waals surface area contributed by atoms with E-state index >= 15 is 0 Å². The molecule has 0 aromatic rings. The van der Waals surface area contributed by atoms with E-state index in [4.69, 9.17) is 23.6 Å². The highest BCUT2D eigenvalue weighted by Crippen LogP contribution is 2.43. The van der Waals surface area contributed by atoms with Gasteiger partial charge in [0.05, 0.1) is 19.8 Å². The van der Waals surface area contributed by atoms with E-state index in [0.29, 0.717) is 12.8 Å². The molecule has 11 heteroatoms. The van der Waals surface area contributed by atoms with Crippen LogP contribution in [0.2, 0.25) is 0 Å². The molecule has 0 saturated heterocycles. The van der Waals surface area contributed by atoms with E-state index in [9.17, 15) is 24.2 Å². The van der Waals surface area contributed by atoms with Crippen LogP contribution in [0.4, 0.5) is 0 Å². The van der Waals surface area contributed by atoms with E-state index in [1.54, 1.807) is 0 Å². The molecule has 69 heavy (non-hydrogen) atoms. The second-order valence-corrected chi connectivity index (χ2v) is 20.7. The summed E-state index contributed by atoms with van der Waals surface area (Å²) in [5.41, 5.74) is 0. The summed E-state index contributed by atoms with van der Waals surface area (Å²) in [6.45, 7) is 2.32. The van der Waals surface area contributed by atoms with E-state index in [1.165, 1.54) is 161 Å². The van der Waals surface area contributed by atoms with Crippen LogP contribution in [0.25, 0.3) is 0 Å². The Balaban J connectivity index is 4.09. The van der Waals surface area contributed by atoms with Crippen LogP contribution in [0, 0.1) is 0 Å². The van der Waals surface area contributed by atoms with Gasteiger partial charge in [-0.1, -0.05) is 255 Å². The predicted molar refractivity (Wildman–Crippen MR) is 288 cm³/mol. The zero-order valence-electron chi connectivity index (χ0n) is 44.5. The summed E-state index contributed by atoms with van der Waals surface area (Å²) >= 11 is 0. The minimum absolute atomic E-state index is 0.180. The summed E-state index contributed by atoms with van der Waals surface area (Å²) in [6.07, 6.45) is 62.3. The van der Waals surface area contributed by atoms with Crippen LogP contribution in [0.3, 0.4) is 0 Å². The summed E-state index contributed by atoms with van der Waals surface area (Å²) in [5, 5.41) is 18.4. The quantitative estimate of drug-likeness (QED) is 0.0233. The molecule has 0 amide bonds. The van der Waals surface area contributed by atoms with Crippen molar-refractivity contribution in [1.29, 1.82) is 0 Å². The number of aliphatic hydroxyl groups excluding tert-OH is 2. The molecular formula is C58H107O10P. The summed E-state index contributed by atoms with van der Waals surface area (Å²) < 4.78 is 33.0. The van der Waals surface area contributed by atoms with E-state index in [-0.39, 0.29) is 19.4 Å². The van der Waals surface area contributed by atoms with Crippen molar-refractivity contribution >= 4 is 19.8 Å². The molecule has 0 aliphatic carbocycles. The smallest absolute Gasteiger partial charge is 0.462 e. The zero-order chi connectivity index (χ0) is 50.4. The molecule has 3 N–H and O–H groups in total. The summed E-state index contributed by atoms with van der Waals surface area (Å²) in [4.78, 5) is 35.3. The first-order valence-corrected chi connectivity index (χ1v) is 30.1. The van der Waals surface area contributed by atoms with Crippen LogP contribution >= 0.6 is 7.82 Å². The maximum Gasteiger partial charge on any atom is 0.472 e. The highest BCUT2D eigenvalue weighted by Gasteiger charge is 2.27. The van der Waals surface area contributed by atoms with Gasteiger partial charge in [-0.2, -0.15) is 0 Å². The molecule has 0 radical (unpaired) electrons. The fraction of sp³-hybridized carbons (Fsp3) is 0.828. The highest BCUT2D eigenvalue weighted by atomic mass is 31.2. The average molecular weight is 995 g/mol. The predicted octanol–water partition coefficient (Wildman–Crippen LogP) is 16.8. The molecule has 3 unspecified atom stereocenters. The monoisotopic (exact) mass is 995 g/mol. The van der Waals surface area contributed by atoms with Crippen LogP contribution in [0.5, 0.6) is 0 Å². The van der Waals surface area contributed by atoms with Crippen molar-refractivity contribution in [3.8, 4) is 0 Å². The maximum atomic E-state index is 12.7. The Morgan fingerprint density at radius 3 is 1.20 bits per heavy atom. The fourth-order valence-corrected chi connectivity index (χ4v) is 8.95. The molecule has 0 fully saturated rings. The summed E-state index contributed by atoms with van der Waals surface area (Å²) in [7, 11) is -4.63. The molecule has 0 rings (SSSR count). The molecule has 3 atom stereocenters. The van der Waals surface area contributed by atoms with Gasteiger partial charge in [-0.15, -0.1) is 0 Å². The van der Waals surface area contributed by atoms with Gasteiger partial charge in [0.15, 0.2) is 6.10 Å². The number of ether oxygens (including phenoxy) is 2. The molecular weight excluding hydrogens is 888 g/mol. The van der Waals surface area contributed by atoms with Crippen LogP contribution in [0.1, 0.15) is 271 Å². The second-order valence-electron chi connectivity index (χ2n) is 19.3. The Morgan fingerprint density at radius 1 is 0.449 bits per heavy atom. The van der Waals surface area contributed by atoms with E-state index < -0.39 is 51.8 Å². The number of aliphatic hydroxyl groups is 2. The number of phosphoric ester groups is 1. The summed E-state index contributed by atoms with van der Waals surface area (Å²) in [6, 6.07) is 0. The van der Waals surface area contributed by atoms with Crippen molar-refractivity contribution in [2.75, 3.05) is 26.4 Å².